The summed E-state index contributed by atoms with van der Waals surface area (Å²) in [4.78, 5) is 19.8. The van der Waals surface area contributed by atoms with Gasteiger partial charge in [0, 0.05) is 16.2 Å². The van der Waals surface area contributed by atoms with Gasteiger partial charge < -0.3 is 10.5 Å². The molecule has 0 unspecified atom stereocenters. The Morgan fingerprint density at radius 1 is 1.42 bits per heavy atom. The van der Waals surface area contributed by atoms with E-state index in [0.29, 0.717) is 5.69 Å². The van der Waals surface area contributed by atoms with Crippen molar-refractivity contribution in [3.63, 3.8) is 0 Å². The number of anilines is 1. The van der Waals surface area contributed by atoms with E-state index in [2.05, 4.69) is 25.9 Å². The van der Waals surface area contributed by atoms with Crippen molar-refractivity contribution in [1.29, 1.82) is 0 Å². The summed E-state index contributed by atoms with van der Waals surface area (Å²) in [5.74, 6) is -0.378. The maximum atomic E-state index is 11.8. The summed E-state index contributed by atoms with van der Waals surface area (Å²) in [5, 5.41) is 0. The molecule has 0 aliphatic heterocycles. The van der Waals surface area contributed by atoms with Crippen LogP contribution in [0.4, 0.5) is 5.95 Å². The van der Waals surface area contributed by atoms with E-state index in [-0.39, 0.29) is 11.5 Å². The van der Waals surface area contributed by atoms with E-state index in [9.17, 15) is 4.79 Å². The van der Waals surface area contributed by atoms with Crippen LogP contribution in [0.25, 0.3) is 11.3 Å². The van der Waals surface area contributed by atoms with E-state index in [1.54, 1.807) is 0 Å². The van der Waals surface area contributed by atoms with Crippen LogP contribution in [-0.2, 0) is 4.74 Å². The van der Waals surface area contributed by atoms with Crippen molar-refractivity contribution >= 4 is 27.8 Å². The largest absolute Gasteiger partial charge is 0.465 e. The maximum Gasteiger partial charge on any atom is 0.341 e. The average molecular weight is 322 g/mol. The minimum absolute atomic E-state index is 0.113. The Labute approximate surface area is 119 Å². The molecule has 2 N–H and O–H groups in total. The summed E-state index contributed by atoms with van der Waals surface area (Å²) in [5.41, 5.74) is 8.16. The third-order valence-corrected chi connectivity index (χ3v) is 3.16. The van der Waals surface area contributed by atoms with E-state index >= 15 is 0 Å². The Balaban J connectivity index is 2.69. The van der Waals surface area contributed by atoms with Gasteiger partial charge in [0.25, 0.3) is 0 Å². The molecule has 6 heteroatoms. The van der Waals surface area contributed by atoms with E-state index in [1.165, 1.54) is 13.3 Å². The molecule has 1 heterocycles. The lowest BCUT2D eigenvalue weighted by molar-refractivity contribution is 0.0601. The number of nitrogens with zero attached hydrogens (tertiary/aromatic N) is 2. The number of hydrogen-bond donors (Lipinski definition) is 1. The second kappa shape index (κ2) is 5.36. The molecule has 0 bridgehead atoms. The van der Waals surface area contributed by atoms with Gasteiger partial charge >= 0.3 is 5.97 Å². The fraction of sp³-hybridized carbons (Fsp3) is 0.154. The molecule has 1 aromatic carbocycles. The molecule has 0 atom stereocenters. The molecule has 0 saturated carbocycles. The van der Waals surface area contributed by atoms with Crippen LogP contribution in [0.2, 0.25) is 0 Å². The van der Waals surface area contributed by atoms with Crippen molar-refractivity contribution in [3.8, 4) is 11.3 Å². The zero-order chi connectivity index (χ0) is 14.0. The highest BCUT2D eigenvalue weighted by molar-refractivity contribution is 9.10. The second-order valence-electron chi connectivity index (χ2n) is 3.94. The molecule has 0 spiro atoms. The van der Waals surface area contributed by atoms with Crippen LogP contribution in [0, 0.1) is 6.92 Å². The highest BCUT2D eigenvalue weighted by Crippen LogP contribution is 2.28. The van der Waals surface area contributed by atoms with Gasteiger partial charge in [-0.25, -0.2) is 14.8 Å². The van der Waals surface area contributed by atoms with Gasteiger partial charge in [0.05, 0.1) is 12.8 Å². The summed E-state index contributed by atoms with van der Waals surface area (Å²) in [6.07, 6.45) is 1.38. The molecule has 5 nitrogen and oxygen atoms in total. The van der Waals surface area contributed by atoms with E-state index in [1.807, 2.05) is 25.1 Å². The highest BCUT2D eigenvalue weighted by Gasteiger charge is 2.17. The molecule has 19 heavy (non-hydrogen) atoms. The predicted octanol–water partition coefficient (Wildman–Crippen LogP) is 2.58. The molecule has 0 amide bonds. The van der Waals surface area contributed by atoms with Crippen molar-refractivity contribution in [2.24, 2.45) is 0 Å². The molecule has 0 radical (unpaired) electrons. The number of aromatic nitrogens is 2. The zero-order valence-electron chi connectivity index (χ0n) is 10.5. The quantitative estimate of drug-likeness (QED) is 0.860. The number of rotatable bonds is 2. The van der Waals surface area contributed by atoms with Gasteiger partial charge in [0.15, 0.2) is 0 Å². The molecule has 0 aliphatic carbocycles. The SMILES string of the molecule is COC(=O)c1cnc(N)nc1-c1cc(Br)ccc1C. The number of ether oxygens (including phenoxy) is 1. The van der Waals surface area contributed by atoms with Gasteiger partial charge in [-0.2, -0.15) is 0 Å². The Morgan fingerprint density at radius 2 is 2.16 bits per heavy atom. The first-order chi connectivity index (χ1) is 9.02. The normalized spacial score (nSPS) is 10.3. The Morgan fingerprint density at radius 3 is 2.84 bits per heavy atom. The first kappa shape index (κ1) is 13.5. The van der Waals surface area contributed by atoms with Crippen LogP contribution in [-0.4, -0.2) is 23.0 Å². The van der Waals surface area contributed by atoms with Crippen LogP contribution >= 0.6 is 15.9 Å². The summed E-state index contributed by atoms with van der Waals surface area (Å²) in [6.45, 7) is 1.93. The minimum atomic E-state index is -0.491. The van der Waals surface area contributed by atoms with Crippen molar-refractivity contribution in [2.45, 2.75) is 6.92 Å². The summed E-state index contributed by atoms with van der Waals surface area (Å²) in [6, 6.07) is 5.73. The van der Waals surface area contributed by atoms with Gasteiger partial charge in [-0.3, -0.25) is 0 Å². The molecule has 2 aromatic rings. The van der Waals surface area contributed by atoms with Gasteiger partial charge in [-0.15, -0.1) is 0 Å². The summed E-state index contributed by atoms with van der Waals surface area (Å²) >= 11 is 3.40. The van der Waals surface area contributed by atoms with E-state index in [4.69, 9.17) is 10.5 Å². The van der Waals surface area contributed by atoms with Crippen molar-refractivity contribution in [3.05, 3.63) is 40.0 Å². The second-order valence-corrected chi connectivity index (χ2v) is 4.86. The van der Waals surface area contributed by atoms with Gasteiger partial charge in [-0.05, 0) is 24.6 Å². The highest BCUT2D eigenvalue weighted by atomic mass is 79.9. The first-order valence-electron chi connectivity index (χ1n) is 5.50. The standard InChI is InChI=1S/C13H12BrN3O2/c1-7-3-4-8(14)5-9(7)11-10(12(18)19-2)6-16-13(15)17-11/h3-6H,1-2H3,(H2,15,16,17). The number of halogens is 1. The molecule has 98 valence electrons. The maximum absolute atomic E-state index is 11.8. The van der Waals surface area contributed by atoms with Gasteiger partial charge in [0.1, 0.15) is 5.56 Å². The predicted molar refractivity (Wildman–Crippen MR) is 75.7 cm³/mol. The Hall–Kier alpha value is -1.95. The number of hydrogen-bond acceptors (Lipinski definition) is 5. The van der Waals surface area contributed by atoms with Crippen LogP contribution in [0.3, 0.4) is 0 Å². The van der Waals surface area contributed by atoms with E-state index in [0.717, 1.165) is 15.6 Å². The lowest BCUT2D eigenvalue weighted by atomic mass is 10.0. The lowest BCUT2D eigenvalue weighted by Gasteiger charge is -2.10. The monoisotopic (exact) mass is 321 g/mol. The van der Waals surface area contributed by atoms with Crippen molar-refractivity contribution in [2.75, 3.05) is 12.8 Å². The molecule has 2 rings (SSSR count). The summed E-state index contributed by atoms with van der Waals surface area (Å²) in [7, 11) is 1.32. The number of benzene rings is 1. The van der Waals surface area contributed by atoms with Crippen LogP contribution in [0.1, 0.15) is 15.9 Å². The third-order valence-electron chi connectivity index (χ3n) is 2.67. The van der Waals surface area contributed by atoms with Crippen molar-refractivity contribution < 1.29 is 9.53 Å². The first-order valence-corrected chi connectivity index (χ1v) is 6.29. The number of nitrogens with two attached hydrogens (primary N) is 1. The van der Waals surface area contributed by atoms with Gasteiger partial charge in [0.2, 0.25) is 5.95 Å². The van der Waals surface area contributed by atoms with E-state index < -0.39 is 5.97 Å². The van der Waals surface area contributed by atoms with Crippen LogP contribution in [0.5, 0.6) is 0 Å². The number of aryl methyl sites for hydroxylation is 1. The topological polar surface area (TPSA) is 78.1 Å². The molecule has 1 aromatic heterocycles. The van der Waals surface area contributed by atoms with Gasteiger partial charge in [-0.1, -0.05) is 22.0 Å². The average Bonchev–Trinajstić information content (AvgIpc) is 2.40. The number of methoxy groups -OCH3 is 1. The fourth-order valence-electron chi connectivity index (χ4n) is 1.71. The summed E-state index contributed by atoms with van der Waals surface area (Å²) < 4.78 is 5.63. The number of nitrogen functional groups attached to an aromatic ring is 1. The van der Waals surface area contributed by atoms with Crippen LogP contribution < -0.4 is 5.73 Å². The fourth-order valence-corrected chi connectivity index (χ4v) is 2.07. The number of carbonyl (C=O) groups excluding carboxylic acids is 1. The zero-order valence-corrected chi connectivity index (χ0v) is 12.1. The molecule has 0 fully saturated rings. The minimum Gasteiger partial charge on any atom is -0.465 e. The Kier molecular flexibility index (Phi) is 3.80. The number of esters is 1. The molecular weight excluding hydrogens is 310 g/mol. The third kappa shape index (κ3) is 2.73. The lowest BCUT2D eigenvalue weighted by Crippen LogP contribution is -2.08. The van der Waals surface area contributed by atoms with Crippen LogP contribution in [0.15, 0.2) is 28.9 Å². The smallest absolute Gasteiger partial charge is 0.341 e. The molecule has 0 saturated heterocycles. The molecule has 0 aliphatic rings. The Bertz CT molecular complexity index is 644. The molecular formula is C13H12BrN3O2. The van der Waals surface area contributed by atoms with Crippen molar-refractivity contribution in [1.82, 2.24) is 9.97 Å². The number of carbonyl (C=O) groups is 1.